The van der Waals surface area contributed by atoms with E-state index in [0.29, 0.717) is 43.4 Å². The van der Waals surface area contributed by atoms with Crippen LogP contribution in [0.3, 0.4) is 0 Å². The summed E-state index contributed by atoms with van der Waals surface area (Å²) >= 11 is 1.19. The highest BCUT2D eigenvalue weighted by Gasteiger charge is 2.34. The van der Waals surface area contributed by atoms with Gasteiger partial charge in [0, 0.05) is 50.6 Å². The van der Waals surface area contributed by atoms with E-state index in [-0.39, 0.29) is 35.0 Å². The minimum absolute atomic E-state index is 0.0508. The van der Waals surface area contributed by atoms with Gasteiger partial charge in [0.2, 0.25) is 11.8 Å². The van der Waals surface area contributed by atoms with Gasteiger partial charge in [0.05, 0.1) is 22.9 Å². The highest BCUT2D eigenvalue weighted by molar-refractivity contribution is 7.91. The van der Waals surface area contributed by atoms with E-state index in [1.165, 1.54) is 41.4 Å². The molecule has 11 heteroatoms. The molecule has 2 aliphatic heterocycles. The number of para-hydroxylation sites is 1. The van der Waals surface area contributed by atoms with Crippen molar-refractivity contribution in [2.75, 3.05) is 42.6 Å². The van der Waals surface area contributed by atoms with Crippen LogP contribution in [0.4, 0.5) is 15.2 Å². The van der Waals surface area contributed by atoms with E-state index in [2.05, 4.69) is 9.88 Å². The SMILES string of the molecule is CC(=O)N(c1nc(/C=C/C(=O)N2CCN(C3CCS(=O)(=O)C3)CC2)cs1)c1ccccc1F. The van der Waals surface area contributed by atoms with Gasteiger partial charge in [-0.2, -0.15) is 0 Å². The van der Waals surface area contributed by atoms with Gasteiger partial charge in [-0.3, -0.25) is 19.4 Å². The number of amides is 2. The van der Waals surface area contributed by atoms with Crippen molar-refractivity contribution in [2.24, 2.45) is 0 Å². The fraction of sp³-hybridized carbons (Fsp3) is 0.409. The van der Waals surface area contributed by atoms with Crippen molar-refractivity contribution >= 4 is 49.9 Å². The van der Waals surface area contributed by atoms with Gasteiger partial charge < -0.3 is 4.90 Å². The van der Waals surface area contributed by atoms with Gasteiger partial charge in [-0.1, -0.05) is 12.1 Å². The molecule has 1 atom stereocenters. The van der Waals surface area contributed by atoms with Crippen molar-refractivity contribution in [3.8, 4) is 0 Å². The number of anilines is 2. The fourth-order valence-corrected chi connectivity index (χ4v) is 6.74. The number of carbonyl (C=O) groups is 2. The van der Waals surface area contributed by atoms with Gasteiger partial charge in [0.1, 0.15) is 5.82 Å². The Morgan fingerprint density at radius 2 is 1.94 bits per heavy atom. The summed E-state index contributed by atoms with van der Waals surface area (Å²) in [6, 6.07) is 6.04. The smallest absolute Gasteiger partial charge is 0.246 e. The van der Waals surface area contributed by atoms with E-state index in [1.54, 1.807) is 28.5 Å². The molecule has 0 bridgehead atoms. The summed E-state index contributed by atoms with van der Waals surface area (Å²) in [5.74, 6) is -0.594. The first-order chi connectivity index (χ1) is 15.7. The van der Waals surface area contributed by atoms with Crippen LogP contribution < -0.4 is 4.90 Å². The van der Waals surface area contributed by atoms with Gasteiger partial charge in [-0.15, -0.1) is 11.3 Å². The number of nitrogens with zero attached hydrogens (tertiary/aromatic N) is 4. The van der Waals surface area contributed by atoms with Crippen molar-refractivity contribution in [1.29, 1.82) is 0 Å². The van der Waals surface area contributed by atoms with Crippen molar-refractivity contribution in [2.45, 2.75) is 19.4 Å². The van der Waals surface area contributed by atoms with Crippen LogP contribution in [0.1, 0.15) is 19.0 Å². The maximum absolute atomic E-state index is 14.2. The molecule has 0 saturated carbocycles. The number of piperazine rings is 1. The van der Waals surface area contributed by atoms with Gasteiger partial charge in [0.25, 0.3) is 0 Å². The fourth-order valence-electron chi connectivity index (χ4n) is 4.13. The Labute approximate surface area is 196 Å². The lowest BCUT2D eigenvalue weighted by Gasteiger charge is -2.37. The average molecular weight is 493 g/mol. The van der Waals surface area contributed by atoms with Gasteiger partial charge >= 0.3 is 0 Å². The number of aromatic nitrogens is 1. The molecule has 2 aliphatic rings. The Morgan fingerprint density at radius 3 is 2.58 bits per heavy atom. The standard InChI is InChI=1S/C22H25FN4O4S2/c1-16(28)27(20-5-3-2-4-19(20)23)22-24-17(14-32-22)6-7-21(29)26-11-9-25(10-12-26)18-8-13-33(30,31)15-18/h2-7,14,18H,8-13,15H2,1H3/b7-6+. The van der Waals surface area contributed by atoms with Crippen LogP contribution in [-0.2, 0) is 19.4 Å². The maximum atomic E-state index is 14.2. The second kappa shape index (κ2) is 9.70. The summed E-state index contributed by atoms with van der Waals surface area (Å²) in [6.07, 6.45) is 3.68. The highest BCUT2D eigenvalue weighted by atomic mass is 32.2. The van der Waals surface area contributed by atoms with E-state index in [1.807, 2.05) is 0 Å². The molecule has 8 nitrogen and oxygen atoms in total. The minimum Gasteiger partial charge on any atom is -0.337 e. The Bertz CT molecular complexity index is 1170. The van der Waals surface area contributed by atoms with Crippen LogP contribution >= 0.6 is 11.3 Å². The third-order valence-corrected chi connectivity index (χ3v) is 8.45. The molecule has 2 aromatic rings. The second-order valence-corrected chi connectivity index (χ2v) is 11.2. The number of hydrogen-bond donors (Lipinski definition) is 0. The largest absolute Gasteiger partial charge is 0.337 e. The molecule has 1 aromatic carbocycles. The molecule has 3 heterocycles. The van der Waals surface area contributed by atoms with Crippen molar-refractivity contribution in [3.05, 3.63) is 47.2 Å². The van der Waals surface area contributed by atoms with Gasteiger partial charge in [-0.25, -0.2) is 17.8 Å². The molecular weight excluding hydrogens is 467 g/mol. The first-order valence-corrected chi connectivity index (χ1v) is 13.4. The Hall–Kier alpha value is -2.63. The first-order valence-electron chi connectivity index (χ1n) is 10.7. The second-order valence-electron chi connectivity index (χ2n) is 8.11. The van der Waals surface area contributed by atoms with E-state index in [4.69, 9.17) is 0 Å². The van der Waals surface area contributed by atoms with Crippen LogP contribution in [0, 0.1) is 5.82 Å². The van der Waals surface area contributed by atoms with E-state index < -0.39 is 15.7 Å². The number of benzene rings is 1. The highest BCUT2D eigenvalue weighted by Crippen LogP contribution is 2.31. The van der Waals surface area contributed by atoms with E-state index in [9.17, 15) is 22.4 Å². The third-order valence-electron chi connectivity index (χ3n) is 5.86. The van der Waals surface area contributed by atoms with Crippen LogP contribution in [-0.4, -0.2) is 78.7 Å². The number of sulfone groups is 1. The number of rotatable bonds is 5. The molecule has 2 amide bonds. The lowest BCUT2D eigenvalue weighted by atomic mass is 10.2. The molecule has 2 fully saturated rings. The summed E-state index contributed by atoms with van der Waals surface area (Å²) in [6.45, 7) is 3.71. The summed E-state index contributed by atoms with van der Waals surface area (Å²) in [5.41, 5.74) is 0.625. The molecule has 0 spiro atoms. The zero-order valence-electron chi connectivity index (χ0n) is 18.2. The molecule has 0 N–H and O–H groups in total. The Balaban J connectivity index is 1.37. The van der Waals surface area contributed by atoms with Gasteiger partial charge in [-0.05, 0) is 24.6 Å². The lowest BCUT2D eigenvalue weighted by molar-refractivity contribution is -0.128. The topological polar surface area (TPSA) is 90.9 Å². The molecule has 176 valence electrons. The predicted molar refractivity (Wildman–Crippen MR) is 126 cm³/mol. The Kier molecular flexibility index (Phi) is 6.91. The van der Waals surface area contributed by atoms with Crippen molar-refractivity contribution < 1.29 is 22.4 Å². The molecule has 0 radical (unpaired) electrons. The summed E-state index contributed by atoms with van der Waals surface area (Å²) in [5, 5.41) is 2.02. The van der Waals surface area contributed by atoms with Crippen LogP contribution in [0.15, 0.2) is 35.7 Å². The minimum atomic E-state index is -2.93. The monoisotopic (exact) mass is 492 g/mol. The molecule has 1 unspecified atom stereocenters. The number of thiazole rings is 1. The molecule has 0 aliphatic carbocycles. The number of hydrogen-bond acceptors (Lipinski definition) is 7. The molecular formula is C22H25FN4O4S2. The molecule has 4 rings (SSSR count). The summed E-state index contributed by atoms with van der Waals surface area (Å²) in [4.78, 5) is 34.2. The summed E-state index contributed by atoms with van der Waals surface area (Å²) in [7, 11) is -2.93. The summed E-state index contributed by atoms with van der Waals surface area (Å²) < 4.78 is 37.6. The first kappa shape index (κ1) is 23.5. The third kappa shape index (κ3) is 5.48. The molecule has 2 saturated heterocycles. The van der Waals surface area contributed by atoms with Crippen molar-refractivity contribution in [1.82, 2.24) is 14.8 Å². The van der Waals surface area contributed by atoms with Crippen molar-refractivity contribution in [3.63, 3.8) is 0 Å². The quantitative estimate of drug-likeness (QED) is 0.595. The van der Waals surface area contributed by atoms with Gasteiger partial charge in [0.15, 0.2) is 15.0 Å². The molecule has 1 aromatic heterocycles. The average Bonchev–Trinajstić information content (AvgIpc) is 3.39. The van der Waals surface area contributed by atoms with Crippen LogP contribution in [0.2, 0.25) is 0 Å². The normalized spacial score (nSPS) is 20.9. The zero-order valence-corrected chi connectivity index (χ0v) is 19.8. The van der Waals surface area contributed by atoms with Crippen LogP contribution in [0.5, 0.6) is 0 Å². The number of carbonyl (C=O) groups excluding carboxylic acids is 2. The van der Waals surface area contributed by atoms with E-state index >= 15 is 0 Å². The zero-order chi connectivity index (χ0) is 23.6. The lowest BCUT2D eigenvalue weighted by Crippen LogP contribution is -2.52. The van der Waals surface area contributed by atoms with Crippen LogP contribution in [0.25, 0.3) is 6.08 Å². The number of halogens is 1. The molecule has 33 heavy (non-hydrogen) atoms. The van der Waals surface area contributed by atoms with E-state index in [0.717, 1.165) is 0 Å². The predicted octanol–water partition coefficient (Wildman–Crippen LogP) is 2.31. The Morgan fingerprint density at radius 1 is 1.21 bits per heavy atom. The maximum Gasteiger partial charge on any atom is 0.246 e.